The lowest BCUT2D eigenvalue weighted by Crippen LogP contribution is -2.22. The molecule has 0 spiro atoms. The minimum atomic E-state index is 0.417. The molecule has 108 valence electrons. The average molecular weight is 289 g/mol. The lowest BCUT2D eigenvalue weighted by atomic mass is 10.00. The van der Waals surface area contributed by atoms with Crippen molar-refractivity contribution >= 4 is 11.3 Å². The number of nitrogens with one attached hydrogen (secondary N) is 1. The molecule has 2 nitrogen and oxygen atoms in total. The number of hydrogen-bond donors (Lipinski definition) is 1. The molecule has 1 heterocycles. The van der Waals surface area contributed by atoms with Crippen molar-refractivity contribution in [3.63, 3.8) is 0 Å². The van der Waals surface area contributed by atoms with E-state index in [9.17, 15) is 0 Å². The highest BCUT2D eigenvalue weighted by molar-refractivity contribution is 7.07. The Morgan fingerprint density at radius 2 is 2.00 bits per heavy atom. The predicted molar refractivity (Wildman–Crippen MR) is 86.7 cm³/mol. The third-order valence-electron chi connectivity index (χ3n) is 3.46. The van der Waals surface area contributed by atoms with Gasteiger partial charge in [0, 0.05) is 6.04 Å². The van der Waals surface area contributed by atoms with Gasteiger partial charge in [0.15, 0.2) is 0 Å². The summed E-state index contributed by atoms with van der Waals surface area (Å²) >= 11 is 1.77. The summed E-state index contributed by atoms with van der Waals surface area (Å²) in [6.07, 6.45) is 3.41. The average Bonchev–Trinajstić information content (AvgIpc) is 3.01. The summed E-state index contributed by atoms with van der Waals surface area (Å²) in [7, 11) is 1.71. The van der Waals surface area contributed by atoms with Crippen LogP contribution in [0.2, 0.25) is 0 Å². The number of hydrogen-bond acceptors (Lipinski definition) is 3. The van der Waals surface area contributed by atoms with Gasteiger partial charge in [-0.05, 0) is 65.9 Å². The van der Waals surface area contributed by atoms with Crippen molar-refractivity contribution < 1.29 is 4.74 Å². The summed E-state index contributed by atoms with van der Waals surface area (Å²) in [6.45, 7) is 3.26. The SMILES string of the molecule is CCCNC(CCc1ccsc1)c1ccc(OC)cc1. The van der Waals surface area contributed by atoms with Crippen molar-refractivity contribution in [2.24, 2.45) is 0 Å². The largest absolute Gasteiger partial charge is 0.497 e. The Hall–Kier alpha value is -1.32. The molecule has 0 aliphatic rings. The molecule has 2 aromatic rings. The smallest absolute Gasteiger partial charge is 0.118 e. The van der Waals surface area contributed by atoms with Crippen LogP contribution in [-0.4, -0.2) is 13.7 Å². The predicted octanol–water partition coefficient (Wildman–Crippen LogP) is 4.43. The second kappa shape index (κ2) is 8.08. The standard InChI is InChI=1S/C17H23NOS/c1-3-11-18-17(9-4-14-10-12-20-13-14)15-5-7-16(19-2)8-6-15/h5-8,10,12-13,17-18H,3-4,9,11H2,1-2H3. The van der Waals surface area contributed by atoms with Gasteiger partial charge in [-0.25, -0.2) is 0 Å². The van der Waals surface area contributed by atoms with Crippen molar-refractivity contribution in [2.75, 3.05) is 13.7 Å². The first kappa shape index (κ1) is 15.1. The summed E-state index contributed by atoms with van der Waals surface area (Å²) in [5.41, 5.74) is 2.78. The summed E-state index contributed by atoms with van der Waals surface area (Å²) in [5, 5.41) is 8.04. The van der Waals surface area contributed by atoms with E-state index in [0.29, 0.717) is 6.04 Å². The molecule has 1 N–H and O–H groups in total. The highest BCUT2D eigenvalue weighted by Gasteiger charge is 2.11. The Kier molecular flexibility index (Phi) is 6.09. The first-order valence-corrected chi connectivity index (χ1v) is 8.16. The molecule has 1 atom stereocenters. The fourth-order valence-corrected chi connectivity index (χ4v) is 2.99. The van der Waals surface area contributed by atoms with Crippen LogP contribution in [0.15, 0.2) is 41.1 Å². The van der Waals surface area contributed by atoms with Crippen LogP contribution in [0.5, 0.6) is 5.75 Å². The molecule has 2 rings (SSSR count). The summed E-state index contributed by atoms with van der Waals surface area (Å²) in [5.74, 6) is 0.917. The van der Waals surface area contributed by atoms with E-state index in [1.807, 2.05) is 12.1 Å². The third kappa shape index (κ3) is 4.36. The van der Waals surface area contributed by atoms with Gasteiger partial charge in [-0.2, -0.15) is 11.3 Å². The van der Waals surface area contributed by atoms with Crippen molar-refractivity contribution in [1.29, 1.82) is 0 Å². The Labute approximate surface area is 125 Å². The van der Waals surface area contributed by atoms with Crippen molar-refractivity contribution in [3.8, 4) is 5.75 Å². The molecule has 1 aromatic heterocycles. The van der Waals surface area contributed by atoms with Crippen LogP contribution in [0.1, 0.15) is 36.9 Å². The lowest BCUT2D eigenvalue weighted by Gasteiger charge is -2.19. The zero-order valence-corrected chi connectivity index (χ0v) is 13.1. The molecule has 0 saturated carbocycles. The van der Waals surface area contributed by atoms with Gasteiger partial charge in [0.1, 0.15) is 5.75 Å². The molecule has 0 aliphatic heterocycles. The van der Waals surface area contributed by atoms with Gasteiger partial charge in [0.2, 0.25) is 0 Å². The molecule has 20 heavy (non-hydrogen) atoms. The minimum Gasteiger partial charge on any atom is -0.497 e. The molecule has 1 aromatic carbocycles. The van der Waals surface area contributed by atoms with Gasteiger partial charge < -0.3 is 10.1 Å². The first-order valence-electron chi connectivity index (χ1n) is 7.22. The van der Waals surface area contributed by atoms with E-state index < -0.39 is 0 Å². The molecule has 0 radical (unpaired) electrons. The summed E-state index contributed by atoms with van der Waals surface area (Å²) < 4.78 is 5.23. The third-order valence-corrected chi connectivity index (χ3v) is 4.19. The Bertz CT molecular complexity index is 478. The van der Waals surface area contributed by atoms with Crippen LogP contribution in [0.4, 0.5) is 0 Å². The van der Waals surface area contributed by atoms with Crippen molar-refractivity contribution in [2.45, 2.75) is 32.2 Å². The van der Waals surface area contributed by atoms with E-state index in [1.165, 1.54) is 11.1 Å². The molecule has 0 bridgehead atoms. The van der Waals surface area contributed by atoms with E-state index in [-0.39, 0.29) is 0 Å². The maximum absolute atomic E-state index is 5.23. The summed E-state index contributed by atoms with van der Waals surface area (Å²) in [4.78, 5) is 0. The second-order valence-electron chi connectivity index (χ2n) is 4.95. The van der Waals surface area contributed by atoms with E-state index in [4.69, 9.17) is 4.74 Å². The minimum absolute atomic E-state index is 0.417. The number of methoxy groups -OCH3 is 1. The first-order chi connectivity index (χ1) is 9.83. The highest BCUT2D eigenvalue weighted by Crippen LogP contribution is 2.22. The van der Waals surface area contributed by atoms with Gasteiger partial charge in [-0.15, -0.1) is 0 Å². The van der Waals surface area contributed by atoms with Gasteiger partial charge in [0.25, 0.3) is 0 Å². The van der Waals surface area contributed by atoms with Crippen LogP contribution in [-0.2, 0) is 6.42 Å². The van der Waals surface area contributed by atoms with Gasteiger partial charge >= 0.3 is 0 Å². The lowest BCUT2D eigenvalue weighted by molar-refractivity contribution is 0.414. The maximum atomic E-state index is 5.23. The topological polar surface area (TPSA) is 21.3 Å². The monoisotopic (exact) mass is 289 g/mol. The van der Waals surface area contributed by atoms with E-state index in [0.717, 1.165) is 31.6 Å². The Morgan fingerprint density at radius 1 is 1.20 bits per heavy atom. The number of aryl methyl sites for hydroxylation is 1. The van der Waals surface area contributed by atoms with E-state index >= 15 is 0 Å². The quantitative estimate of drug-likeness (QED) is 0.776. The fourth-order valence-electron chi connectivity index (χ4n) is 2.29. The van der Waals surface area contributed by atoms with Gasteiger partial charge in [-0.3, -0.25) is 0 Å². The number of ether oxygens (including phenoxy) is 1. The van der Waals surface area contributed by atoms with Crippen molar-refractivity contribution in [1.82, 2.24) is 5.32 Å². The van der Waals surface area contributed by atoms with Crippen LogP contribution < -0.4 is 10.1 Å². The molecular formula is C17H23NOS. The van der Waals surface area contributed by atoms with E-state index in [2.05, 4.69) is 41.2 Å². The molecule has 0 amide bonds. The van der Waals surface area contributed by atoms with E-state index in [1.54, 1.807) is 18.4 Å². The highest BCUT2D eigenvalue weighted by atomic mass is 32.1. The zero-order valence-electron chi connectivity index (χ0n) is 12.3. The van der Waals surface area contributed by atoms with Crippen LogP contribution in [0.25, 0.3) is 0 Å². The maximum Gasteiger partial charge on any atom is 0.118 e. The number of thiophene rings is 1. The van der Waals surface area contributed by atoms with Crippen LogP contribution in [0, 0.1) is 0 Å². The van der Waals surface area contributed by atoms with Crippen molar-refractivity contribution in [3.05, 3.63) is 52.2 Å². The molecule has 0 saturated heterocycles. The number of benzene rings is 1. The summed E-state index contributed by atoms with van der Waals surface area (Å²) in [6, 6.07) is 11.1. The van der Waals surface area contributed by atoms with Gasteiger partial charge in [-0.1, -0.05) is 19.1 Å². The molecule has 3 heteroatoms. The van der Waals surface area contributed by atoms with Crippen LogP contribution >= 0.6 is 11.3 Å². The zero-order chi connectivity index (χ0) is 14.2. The fraction of sp³-hybridized carbons (Fsp3) is 0.412. The second-order valence-corrected chi connectivity index (χ2v) is 5.73. The molecule has 1 unspecified atom stereocenters. The van der Waals surface area contributed by atoms with Gasteiger partial charge in [0.05, 0.1) is 7.11 Å². The molecule has 0 aliphatic carbocycles. The van der Waals surface area contributed by atoms with Crippen LogP contribution in [0.3, 0.4) is 0 Å². The molecular weight excluding hydrogens is 266 g/mol. The Morgan fingerprint density at radius 3 is 2.60 bits per heavy atom. The normalized spacial score (nSPS) is 12.3. The Balaban J connectivity index is 2.01. The molecule has 0 fully saturated rings. The number of rotatable bonds is 8.